The van der Waals surface area contributed by atoms with E-state index in [0.29, 0.717) is 6.42 Å². The van der Waals surface area contributed by atoms with Gasteiger partial charge in [-0.15, -0.1) is 0 Å². The first-order valence-corrected chi connectivity index (χ1v) is 5.49. The minimum atomic E-state index is -1.10. The molecule has 0 aliphatic heterocycles. The lowest BCUT2D eigenvalue weighted by atomic mass is 9.99. The van der Waals surface area contributed by atoms with Gasteiger partial charge in [0, 0.05) is 5.92 Å². The standard InChI is InChI=1S/C11H17NO3/c1-3-10(2,9(14)15)12-8(13)7-6-11(7)4-5-11/h7H,3-6H2,1-2H3,(H,12,13)(H,14,15). The fourth-order valence-electron chi connectivity index (χ4n) is 2.08. The van der Waals surface area contributed by atoms with Crippen molar-refractivity contribution in [2.75, 3.05) is 0 Å². The summed E-state index contributed by atoms with van der Waals surface area (Å²) in [6.45, 7) is 3.34. The van der Waals surface area contributed by atoms with Crippen LogP contribution in [-0.4, -0.2) is 22.5 Å². The van der Waals surface area contributed by atoms with Crippen LogP contribution < -0.4 is 5.32 Å². The molecule has 2 fully saturated rings. The SMILES string of the molecule is CCC(C)(NC(=O)C1CC12CC2)C(=O)O. The molecule has 15 heavy (non-hydrogen) atoms. The van der Waals surface area contributed by atoms with E-state index in [1.165, 1.54) is 0 Å². The molecule has 2 N–H and O–H groups in total. The van der Waals surface area contributed by atoms with Crippen molar-refractivity contribution in [1.82, 2.24) is 5.32 Å². The molecule has 0 aromatic rings. The number of rotatable bonds is 4. The molecule has 1 spiro atoms. The van der Waals surface area contributed by atoms with E-state index >= 15 is 0 Å². The molecule has 0 saturated heterocycles. The van der Waals surface area contributed by atoms with Gasteiger partial charge in [-0.25, -0.2) is 4.79 Å². The Morgan fingerprint density at radius 3 is 2.47 bits per heavy atom. The molecule has 2 unspecified atom stereocenters. The number of carbonyl (C=O) groups excluding carboxylic acids is 1. The summed E-state index contributed by atoms with van der Waals surface area (Å²) in [5, 5.41) is 11.7. The second-order valence-electron chi connectivity index (χ2n) is 5.10. The van der Waals surface area contributed by atoms with Crippen molar-refractivity contribution in [1.29, 1.82) is 0 Å². The second-order valence-corrected chi connectivity index (χ2v) is 5.10. The first-order valence-electron chi connectivity index (χ1n) is 5.49. The van der Waals surface area contributed by atoms with Crippen LogP contribution in [0.15, 0.2) is 0 Å². The van der Waals surface area contributed by atoms with Gasteiger partial charge in [0.2, 0.25) is 5.91 Å². The number of aliphatic carboxylic acids is 1. The first-order chi connectivity index (χ1) is 6.93. The Balaban J connectivity index is 1.95. The number of carboxylic acid groups (broad SMARTS) is 1. The van der Waals surface area contributed by atoms with Crippen LogP contribution in [0.4, 0.5) is 0 Å². The summed E-state index contributed by atoms with van der Waals surface area (Å²) in [5.74, 6) is -0.939. The van der Waals surface area contributed by atoms with E-state index in [1.807, 2.05) is 0 Å². The number of hydrogen-bond donors (Lipinski definition) is 2. The summed E-state index contributed by atoms with van der Waals surface area (Å²) in [7, 11) is 0. The van der Waals surface area contributed by atoms with Crippen LogP contribution in [0.2, 0.25) is 0 Å². The Bertz CT molecular complexity index is 322. The average Bonchev–Trinajstić information content (AvgIpc) is 3.07. The van der Waals surface area contributed by atoms with E-state index in [4.69, 9.17) is 5.11 Å². The van der Waals surface area contributed by atoms with E-state index in [2.05, 4.69) is 5.32 Å². The molecule has 2 atom stereocenters. The first kappa shape index (κ1) is 10.5. The molecule has 0 aromatic heterocycles. The van der Waals surface area contributed by atoms with Gasteiger partial charge in [-0.3, -0.25) is 4.79 Å². The fraction of sp³-hybridized carbons (Fsp3) is 0.818. The highest BCUT2D eigenvalue weighted by atomic mass is 16.4. The third-order valence-electron chi connectivity index (χ3n) is 3.98. The molecule has 1 amide bonds. The van der Waals surface area contributed by atoms with Crippen molar-refractivity contribution in [3.05, 3.63) is 0 Å². The molecule has 0 radical (unpaired) electrons. The van der Waals surface area contributed by atoms with Gasteiger partial charge in [-0.05, 0) is 38.0 Å². The minimum absolute atomic E-state index is 0.0701. The van der Waals surface area contributed by atoms with E-state index in [-0.39, 0.29) is 17.2 Å². The third-order valence-corrected chi connectivity index (χ3v) is 3.98. The lowest BCUT2D eigenvalue weighted by molar-refractivity contribution is -0.147. The van der Waals surface area contributed by atoms with Crippen LogP contribution in [0.25, 0.3) is 0 Å². The highest BCUT2D eigenvalue weighted by Gasteiger charge is 2.66. The Hall–Kier alpha value is -1.06. The predicted molar refractivity (Wildman–Crippen MR) is 54.2 cm³/mol. The number of hydrogen-bond acceptors (Lipinski definition) is 2. The van der Waals surface area contributed by atoms with Crippen LogP contribution in [0.5, 0.6) is 0 Å². The molecule has 2 rings (SSSR count). The number of amides is 1. The normalized spacial score (nSPS) is 29.3. The van der Waals surface area contributed by atoms with Crippen LogP contribution in [0.3, 0.4) is 0 Å². The topological polar surface area (TPSA) is 66.4 Å². The molecule has 2 aliphatic rings. The second kappa shape index (κ2) is 2.97. The molecule has 0 aromatic carbocycles. The zero-order chi connectivity index (χ0) is 11.3. The minimum Gasteiger partial charge on any atom is -0.480 e. The molecule has 2 aliphatic carbocycles. The van der Waals surface area contributed by atoms with Crippen molar-refractivity contribution >= 4 is 11.9 Å². The van der Waals surface area contributed by atoms with Gasteiger partial charge < -0.3 is 10.4 Å². The highest BCUT2D eigenvalue weighted by Crippen LogP contribution is 2.70. The zero-order valence-corrected chi connectivity index (χ0v) is 9.17. The summed E-state index contributed by atoms with van der Waals surface area (Å²) < 4.78 is 0. The van der Waals surface area contributed by atoms with E-state index < -0.39 is 11.5 Å². The van der Waals surface area contributed by atoms with Crippen LogP contribution in [0, 0.1) is 11.3 Å². The van der Waals surface area contributed by atoms with E-state index in [0.717, 1.165) is 19.3 Å². The molecule has 0 heterocycles. The summed E-state index contributed by atoms with van der Waals surface area (Å²) in [6.07, 6.45) is 3.65. The molecule has 0 bridgehead atoms. The summed E-state index contributed by atoms with van der Waals surface area (Å²) in [5.41, 5.74) is -0.813. The van der Waals surface area contributed by atoms with Crippen molar-refractivity contribution < 1.29 is 14.7 Å². The highest BCUT2D eigenvalue weighted by molar-refractivity contribution is 5.90. The van der Waals surface area contributed by atoms with Crippen molar-refractivity contribution in [3.8, 4) is 0 Å². The lowest BCUT2D eigenvalue weighted by Crippen LogP contribution is -2.52. The van der Waals surface area contributed by atoms with Gasteiger partial charge in [-0.2, -0.15) is 0 Å². The predicted octanol–water partition coefficient (Wildman–Crippen LogP) is 1.16. The van der Waals surface area contributed by atoms with Gasteiger partial charge in [-0.1, -0.05) is 6.92 Å². The van der Waals surface area contributed by atoms with E-state index in [9.17, 15) is 9.59 Å². The van der Waals surface area contributed by atoms with Crippen LogP contribution in [-0.2, 0) is 9.59 Å². The average molecular weight is 211 g/mol. The number of carboxylic acids is 1. The Morgan fingerprint density at radius 1 is 1.53 bits per heavy atom. The molecule has 4 heteroatoms. The smallest absolute Gasteiger partial charge is 0.329 e. The molecule has 4 nitrogen and oxygen atoms in total. The van der Waals surface area contributed by atoms with Gasteiger partial charge in [0.1, 0.15) is 5.54 Å². The van der Waals surface area contributed by atoms with Crippen LogP contribution >= 0.6 is 0 Å². The van der Waals surface area contributed by atoms with Gasteiger partial charge in [0.25, 0.3) is 0 Å². The van der Waals surface area contributed by atoms with E-state index in [1.54, 1.807) is 13.8 Å². The maximum Gasteiger partial charge on any atom is 0.329 e. The summed E-state index contributed by atoms with van der Waals surface area (Å²) in [4.78, 5) is 22.8. The molecular formula is C11H17NO3. The lowest BCUT2D eigenvalue weighted by Gasteiger charge is -2.24. The molecule has 84 valence electrons. The van der Waals surface area contributed by atoms with Gasteiger partial charge in [0.05, 0.1) is 0 Å². The molecular weight excluding hydrogens is 194 g/mol. The number of nitrogens with one attached hydrogen (secondary N) is 1. The summed E-state index contributed by atoms with van der Waals surface area (Å²) in [6, 6.07) is 0. The Morgan fingerprint density at radius 2 is 2.13 bits per heavy atom. The molecule has 2 saturated carbocycles. The Labute approximate surface area is 89.0 Å². The number of carbonyl (C=O) groups is 2. The third kappa shape index (κ3) is 1.62. The van der Waals surface area contributed by atoms with Crippen molar-refractivity contribution in [3.63, 3.8) is 0 Å². The quantitative estimate of drug-likeness (QED) is 0.733. The fourth-order valence-corrected chi connectivity index (χ4v) is 2.08. The van der Waals surface area contributed by atoms with Crippen molar-refractivity contribution in [2.45, 2.75) is 45.1 Å². The van der Waals surface area contributed by atoms with Gasteiger partial charge in [0.15, 0.2) is 0 Å². The Kier molecular flexibility index (Phi) is 2.07. The zero-order valence-electron chi connectivity index (χ0n) is 9.17. The largest absolute Gasteiger partial charge is 0.480 e. The maximum atomic E-state index is 11.8. The summed E-state index contributed by atoms with van der Waals surface area (Å²) >= 11 is 0. The maximum absolute atomic E-state index is 11.8. The van der Waals surface area contributed by atoms with Gasteiger partial charge >= 0.3 is 5.97 Å². The van der Waals surface area contributed by atoms with Crippen LogP contribution in [0.1, 0.15) is 39.5 Å². The van der Waals surface area contributed by atoms with Crippen molar-refractivity contribution in [2.24, 2.45) is 11.3 Å². The monoisotopic (exact) mass is 211 g/mol.